The molecule has 0 unspecified atom stereocenters. The Morgan fingerprint density at radius 1 is 0.873 bits per heavy atom. The van der Waals surface area contributed by atoms with Gasteiger partial charge in [-0.05, 0) is 85.1 Å². The van der Waals surface area contributed by atoms with Crippen LogP contribution >= 0.6 is 11.3 Å². The molecule has 1 N–H and O–H groups in total. The molecule has 0 saturated carbocycles. The van der Waals surface area contributed by atoms with Crippen LogP contribution < -0.4 is 0 Å². The summed E-state index contributed by atoms with van der Waals surface area (Å²) < 4.78 is 7.77. The molecule has 0 saturated heterocycles. The molecule has 0 fully saturated rings. The average Bonchev–Trinajstić information content (AvgIpc) is 3.73. The second-order valence-electron chi connectivity index (χ2n) is 17.0. The predicted molar refractivity (Wildman–Crippen MR) is 232 cm³/mol. The van der Waals surface area contributed by atoms with Crippen LogP contribution in [0.15, 0.2) is 83.1 Å². The zero-order valence-electron chi connectivity index (χ0n) is 35.0. The van der Waals surface area contributed by atoms with E-state index >= 15 is 0 Å². The second kappa shape index (κ2) is 17.7. The van der Waals surface area contributed by atoms with Gasteiger partial charge < -0.3 is 9.52 Å². The van der Waals surface area contributed by atoms with E-state index in [9.17, 15) is 9.90 Å². The summed E-state index contributed by atoms with van der Waals surface area (Å²) in [6, 6.07) is 25.5. The molecule has 3 aromatic carbocycles. The van der Waals surface area contributed by atoms with Crippen LogP contribution in [0.5, 0.6) is 0 Å². The molecule has 6 heteroatoms. The first-order valence-electron chi connectivity index (χ1n) is 19.8. The van der Waals surface area contributed by atoms with Crippen molar-refractivity contribution in [2.75, 3.05) is 0 Å². The van der Waals surface area contributed by atoms with E-state index in [0.29, 0.717) is 5.92 Å². The fourth-order valence-electron chi connectivity index (χ4n) is 7.05. The van der Waals surface area contributed by atoms with Crippen LogP contribution in [0.3, 0.4) is 0 Å². The Bertz CT molecular complexity index is 2290. The quantitative estimate of drug-likeness (QED) is 0.0799. The molecule has 3 aromatic heterocycles. The molecule has 295 valence electrons. The van der Waals surface area contributed by atoms with Crippen LogP contribution in [0.25, 0.3) is 53.7 Å². The molecule has 3 heterocycles. The van der Waals surface area contributed by atoms with Crippen molar-refractivity contribution in [3.8, 4) is 21.9 Å². The molecule has 0 aliphatic carbocycles. The number of carbonyl (C=O) groups excluding carboxylic acids is 1. The maximum atomic E-state index is 12.2. The van der Waals surface area contributed by atoms with Crippen LogP contribution in [0, 0.1) is 29.7 Å². The van der Waals surface area contributed by atoms with Crippen LogP contribution in [0.1, 0.15) is 119 Å². The number of allylic oxidation sites excluding steroid dienone is 2. The third-order valence-electron chi connectivity index (χ3n) is 11.8. The van der Waals surface area contributed by atoms with Gasteiger partial charge in [0.05, 0.1) is 4.88 Å². The molecule has 0 aliphatic rings. The third-order valence-corrected chi connectivity index (χ3v) is 13.0. The summed E-state index contributed by atoms with van der Waals surface area (Å²) in [7, 11) is 0. The molecule has 6 rings (SSSR count). The van der Waals surface area contributed by atoms with Gasteiger partial charge in [0.1, 0.15) is 17.1 Å². The number of hydrogen-bond acceptors (Lipinski definition) is 5. The monoisotopic (exact) mass is 935 g/mol. The Kier molecular flexibility index (Phi) is 14.2. The SMILES string of the molecule is CCC(C)(CC)C(=O)/C=C(\O)C(C)(CC)CC.Cc1c(-c2cc3c(-c4[c-]c5ccccc5c(C(C)(C)C)c4)nccc3o2)sc2ccc(CC(C)C)cc12.[Ir]. The summed E-state index contributed by atoms with van der Waals surface area (Å²) in [6.45, 7) is 25.6. The third kappa shape index (κ3) is 9.36. The number of aliphatic hydroxyl groups is 1. The first kappa shape index (κ1) is 44.1. The van der Waals surface area contributed by atoms with Gasteiger partial charge in [-0.3, -0.25) is 9.78 Å². The van der Waals surface area contributed by atoms with E-state index in [0.717, 1.165) is 65.5 Å². The number of furan rings is 1. The molecule has 0 spiro atoms. The van der Waals surface area contributed by atoms with Gasteiger partial charge >= 0.3 is 0 Å². The normalized spacial score (nSPS) is 12.6. The Balaban J connectivity index is 0.000000320. The zero-order chi connectivity index (χ0) is 39.6. The fraction of sp³-hybridized carbons (Fsp3) is 0.429. The van der Waals surface area contributed by atoms with Crippen LogP contribution in [0.4, 0.5) is 0 Å². The first-order valence-corrected chi connectivity index (χ1v) is 20.6. The van der Waals surface area contributed by atoms with Crippen molar-refractivity contribution < 1.29 is 34.4 Å². The fourth-order valence-corrected chi connectivity index (χ4v) is 8.19. The van der Waals surface area contributed by atoms with E-state index < -0.39 is 0 Å². The number of carbonyl (C=O) groups is 1. The average molecular weight is 935 g/mol. The number of thiophene rings is 1. The number of benzene rings is 3. The molecular formula is C49H60IrNO3S-. The minimum atomic E-state index is -0.337. The summed E-state index contributed by atoms with van der Waals surface area (Å²) in [5.74, 6) is 1.84. The maximum Gasteiger partial charge on any atom is 0.164 e. The standard InChI is InChI=1S/C34H32NOS.C15H28O2.Ir/c1-20(2)15-22-11-12-31-26(16-22)21(3)33(37-31)30-19-27-29(36-30)13-14-35-32(27)24-17-23-9-7-8-10-25(23)28(18-24)34(4,5)6;1-7-14(5,8-2)12(16)11-13(17)15(6,9-3)10-4;/h7-14,16,18-20H,15H2,1-6H3;11,16H,7-10H2,1-6H3;/q-1;;/b;12-11-;. The van der Waals surface area contributed by atoms with Crippen LogP contribution in [-0.2, 0) is 36.7 Å². The van der Waals surface area contributed by atoms with Crippen molar-refractivity contribution in [1.82, 2.24) is 4.98 Å². The number of nitrogens with zero attached hydrogens (tertiary/aromatic N) is 1. The first-order chi connectivity index (χ1) is 25.5. The smallest absolute Gasteiger partial charge is 0.164 e. The molecule has 0 amide bonds. The van der Waals surface area contributed by atoms with E-state index in [4.69, 9.17) is 9.40 Å². The van der Waals surface area contributed by atoms with Gasteiger partial charge in [-0.1, -0.05) is 117 Å². The van der Waals surface area contributed by atoms with Crippen molar-refractivity contribution in [2.24, 2.45) is 16.7 Å². The maximum absolute atomic E-state index is 12.2. The van der Waals surface area contributed by atoms with Crippen molar-refractivity contribution in [3.05, 3.63) is 101 Å². The van der Waals surface area contributed by atoms with E-state index in [1.807, 2.05) is 65.1 Å². The van der Waals surface area contributed by atoms with E-state index in [-0.39, 0.29) is 47.9 Å². The predicted octanol–water partition coefficient (Wildman–Crippen LogP) is 14.8. The Morgan fingerprint density at radius 2 is 1.53 bits per heavy atom. The number of fused-ring (bicyclic) bond motifs is 3. The minimum absolute atomic E-state index is 0. The molecule has 0 aliphatic heterocycles. The van der Waals surface area contributed by atoms with Gasteiger partial charge in [-0.25, -0.2) is 0 Å². The number of aliphatic hydroxyl groups excluding tert-OH is 1. The van der Waals surface area contributed by atoms with Gasteiger partial charge in [-0.2, -0.15) is 0 Å². The molecule has 55 heavy (non-hydrogen) atoms. The van der Waals surface area contributed by atoms with E-state index in [1.54, 1.807) is 0 Å². The van der Waals surface area contributed by atoms with Gasteiger partial charge in [0, 0.05) is 59.0 Å². The molecule has 1 radical (unpaired) electrons. The number of aryl methyl sites for hydroxylation is 1. The van der Waals surface area contributed by atoms with E-state index in [2.05, 4.69) is 102 Å². The van der Waals surface area contributed by atoms with Crippen molar-refractivity contribution in [2.45, 2.75) is 121 Å². The number of hydrogen-bond donors (Lipinski definition) is 1. The zero-order valence-corrected chi connectivity index (χ0v) is 38.2. The van der Waals surface area contributed by atoms with Gasteiger partial charge in [-0.15, -0.1) is 40.5 Å². The number of aromatic nitrogens is 1. The molecule has 6 aromatic rings. The molecule has 0 bridgehead atoms. The van der Waals surface area contributed by atoms with Crippen LogP contribution in [0.2, 0.25) is 0 Å². The molecular weight excluding hydrogens is 875 g/mol. The summed E-state index contributed by atoms with van der Waals surface area (Å²) in [6.07, 6.45) is 7.70. The van der Waals surface area contributed by atoms with E-state index in [1.165, 1.54) is 43.1 Å². The van der Waals surface area contributed by atoms with Gasteiger partial charge in [0.2, 0.25) is 0 Å². The Morgan fingerprint density at radius 3 is 2.15 bits per heavy atom. The van der Waals surface area contributed by atoms with Gasteiger partial charge in [0.15, 0.2) is 5.78 Å². The topological polar surface area (TPSA) is 63.3 Å². The van der Waals surface area contributed by atoms with Crippen molar-refractivity contribution >= 4 is 48.9 Å². The van der Waals surface area contributed by atoms with Crippen molar-refractivity contribution in [3.63, 3.8) is 0 Å². The minimum Gasteiger partial charge on any atom is -0.512 e. The number of ketones is 1. The largest absolute Gasteiger partial charge is 0.512 e. The molecule has 4 nitrogen and oxygen atoms in total. The van der Waals surface area contributed by atoms with Gasteiger partial charge in [0.25, 0.3) is 0 Å². The summed E-state index contributed by atoms with van der Waals surface area (Å²) >= 11 is 1.81. The van der Waals surface area contributed by atoms with Crippen molar-refractivity contribution in [1.29, 1.82) is 0 Å². The summed E-state index contributed by atoms with van der Waals surface area (Å²) in [5, 5.41) is 14.9. The van der Waals surface area contributed by atoms with Crippen LogP contribution in [-0.4, -0.2) is 15.9 Å². The Hall–Kier alpha value is -3.57. The number of pyridine rings is 1. The summed E-state index contributed by atoms with van der Waals surface area (Å²) in [4.78, 5) is 18.2. The number of rotatable bonds is 11. The Labute approximate surface area is 347 Å². The second-order valence-corrected chi connectivity index (χ2v) is 18.0. The summed E-state index contributed by atoms with van der Waals surface area (Å²) in [5.41, 5.74) is 6.16. The molecule has 0 atom stereocenters.